The predicted octanol–water partition coefficient (Wildman–Crippen LogP) is 9.55. The molecule has 0 spiro atoms. The molecule has 0 saturated heterocycles. The summed E-state index contributed by atoms with van der Waals surface area (Å²) in [7, 11) is -0.0189. The number of halogens is 2. The number of nitrogens with one attached hydrogen (secondary N) is 1. The first-order chi connectivity index (χ1) is 25.2. The van der Waals surface area contributed by atoms with Crippen LogP contribution in [0.1, 0.15) is 74.9 Å². The van der Waals surface area contributed by atoms with Crippen LogP contribution in [0, 0.1) is 5.82 Å². The average Bonchev–Trinajstić information content (AvgIpc) is 3.62. The van der Waals surface area contributed by atoms with E-state index in [0.717, 1.165) is 38.5 Å². The van der Waals surface area contributed by atoms with Gasteiger partial charge in [0.05, 0.1) is 48.8 Å². The number of aryl methyl sites for hydroxylation is 2. The molecule has 2 aromatic heterocycles. The summed E-state index contributed by atoms with van der Waals surface area (Å²) in [6.45, 7) is 16.2. The lowest BCUT2D eigenvalue weighted by Crippen LogP contribution is -2.41. The lowest BCUT2D eigenvalue weighted by atomic mass is 9.97. The number of benzene rings is 3. The summed E-state index contributed by atoms with van der Waals surface area (Å²) >= 11 is 7.00. The fourth-order valence-corrected chi connectivity index (χ4v) is 7.73. The van der Waals surface area contributed by atoms with E-state index in [2.05, 4.69) is 45.8 Å². The lowest BCUT2D eigenvalue weighted by molar-refractivity contribution is 0.0166. The van der Waals surface area contributed by atoms with Crippen molar-refractivity contribution in [2.24, 2.45) is 7.05 Å². The number of hydrogen-bond donors (Lipinski definition) is 2. The Kier molecular flexibility index (Phi) is 13.1. The number of aliphatic hydroxyl groups excluding tert-OH is 1. The van der Waals surface area contributed by atoms with Gasteiger partial charge < -0.3 is 28.7 Å². The third kappa shape index (κ3) is 9.15. The highest BCUT2D eigenvalue weighted by molar-refractivity contribution is 6.74. The van der Waals surface area contributed by atoms with Gasteiger partial charge in [0.1, 0.15) is 17.3 Å². The van der Waals surface area contributed by atoms with Crippen molar-refractivity contribution in [3.63, 3.8) is 0 Å². The van der Waals surface area contributed by atoms with Gasteiger partial charge in [-0.3, -0.25) is 4.68 Å². The van der Waals surface area contributed by atoms with Crippen molar-refractivity contribution in [1.29, 1.82) is 0 Å². The monoisotopic (exact) mass is 765 g/mol. The van der Waals surface area contributed by atoms with Crippen LogP contribution in [-0.2, 0) is 40.4 Å². The van der Waals surface area contributed by atoms with E-state index in [9.17, 15) is 14.3 Å². The minimum absolute atomic E-state index is 0.0954. The second-order valence-corrected chi connectivity index (χ2v) is 20.1. The van der Waals surface area contributed by atoms with Gasteiger partial charge in [-0.1, -0.05) is 57.5 Å². The highest BCUT2D eigenvalue weighted by Gasteiger charge is 2.37. The molecule has 1 atom stereocenters. The number of fused-ring (bicyclic) bond motifs is 2. The normalized spacial score (nSPS) is 12.9. The fourth-order valence-electron chi connectivity index (χ4n) is 6.41. The molecule has 2 N–H and O–H groups in total. The number of ether oxygens (including phenoxy) is 3. The molecule has 3 aromatic carbocycles. The molecule has 0 bridgehead atoms. The van der Waals surface area contributed by atoms with Gasteiger partial charge in [0.2, 0.25) is 0 Å². The number of carbonyl (C=O) groups is 1. The Labute approximate surface area is 317 Å². The van der Waals surface area contributed by atoms with Gasteiger partial charge in [-0.05, 0) is 92.0 Å². The SMILES string of the molecule is CCOC(=O)c1[nH]c2c(-c3c(COCC(O)CCO[Si](C)(C)C(C)(C)C)nn(C)c3CC)c(Cl)ccc2c1CCCOc1cccc2cc(F)ccc12. The number of aliphatic hydroxyl groups is 1. The van der Waals surface area contributed by atoms with Crippen LogP contribution in [0.3, 0.4) is 0 Å². The molecular formula is C41H53ClFN3O6Si. The molecule has 286 valence electrons. The molecule has 2 heterocycles. The van der Waals surface area contributed by atoms with E-state index < -0.39 is 20.4 Å². The molecule has 1 unspecified atom stereocenters. The predicted molar refractivity (Wildman–Crippen MR) is 212 cm³/mol. The molecule has 0 aliphatic heterocycles. The number of aromatic amines is 1. The number of carbonyl (C=O) groups excluding carboxylic acids is 1. The zero-order valence-electron chi connectivity index (χ0n) is 32.2. The Morgan fingerprint density at radius 2 is 1.83 bits per heavy atom. The number of aromatic nitrogens is 3. The van der Waals surface area contributed by atoms with Crippen molar-refractivity contribution < 1.29 is 32.9 Å². The first-order valence-electron chi connectivity index (χ1n) is 18.4. The maximum atomic E-state index is 13.8. The van der Waals surface area contributed by atoms with Crippen LogP contribution in [-0.4, -0.2) is 66.7 Å². The van der Waals surface area contributed by atoms with Gasteiger partial charge in [0.25, 0.3) is 0 Å². The van der Waals surface area contributed by atoms with Crippen molar-refractivity contribution in [2.75, 3.05) is 26.4 Å². The second-order valence-electron chi connectivity index (χ2n) is 14.9. The highest BCUT2D eigenvalue weighted by atomic mass is 35.5. The minimum atomic E-state index is -1.91. The molecule has 0 radical (unpaired) electrons. The van der Waals surface area contributed by atoms with Crippen LogP contribution in [0.4, 0.5) is 4.39 Å². The van der Waals surface area contributed by atoms with Gasteiger partial charge >= 0.3 is 5.97 Å². The summed E-state index contributed by atoms with van der Waals surface area (Å²) < 4.78 is 39.6. The van der Waals surface area contributed by atoms with Gasteiger partial charge in [-0.15, -0.1) is 0 Å². The molecule has 5 rings (SSSR count). The summed E-state index contributed by atoms with van der Waals surface area (Å²) in [5.74, 6) is -0.0737. The number of nitrogens with zero attached hydrogens (tertiary/aromatic N) is 2. The summed E-state index contributed by atoms with van der Waals surface area (Å²) in [6.07, 6.45) is 1.59. The minimum Gasteiger partial charge on any atom is -0.493 e. The summed E-state index contributed by atoms with van der Waals surface area (Å²) in [4.78, 5) is 16.7. The Hall–Kier alpha value is -3.74. The first-order valence-corrected chi connectivity index (χ1v) is 21.7. The molecule has 0 aliphatic carbocycles. The summed E-state index contributed by atoms with van der Waals surface area (Å²) in [6, 6.07) is 14.0. The summed E-state index contributed by atoms with van der Waals surface area (Å²) in [5, 5.41) is 18.6. The van der Waals surface area contributed by atoms with Crippen molar-refractivity contribution in [3.05, 3.63) is 82.0 Å². The topological polar surface area (TPSA) is 108 Å². The Bertz CT molecular complexity index is 2050. The number of H-pyrrole nitrogens is 1. The van der Waals surface area contributed by atoms with Gasteiger partial charge in [-0.2, -0.15) is 5.10 Å². The zero-order chi connectivity index (χ0) is 38.5. The third-order valence-corrected chi connectivity index (χ3v) is 15.1. The van der Waals surface area contributed by atoms with Crippen LogP contribution in [0.2, 0.25) is 23.2 Å². The third-order valence-electron chi connectivity index (χ3n) is 10.2. The molecule has 9 nitrogen and oxygen atoms in total. The van der Waals surface area contributed by atoms with Crippen LogP contribution in [0.5, 0.6) is 5.75 Å². The molecular weight excluding hydrogens is 713 g/mol. The molecule has 0 fully saturated rings. The number of esters is 1. The quantitative estimate of drug-likeness (QED) is 0.0552. The summed E-state index contributed by atoms with van der Waals surface area (Å²) in [5.41, 5.74) is 5.09. The van der Waals surface area contributed by atoms with Crippen LogP contribution in [0.15, 0.2) is 48.5 Å². The molecule has 53 heavy (non-hydrogen) atoms. The molecule has 0 amide bonds. The smallest absolute Gasteiger partial charge is 0.355 e. The largest absolute Gasteiger partial charge is 0.493 e. The lowest BCUT2D eigenvalue weighted by Gasteiger charge is -2.36. The average molecular weight is 766 g/mol. The Balaban J connectivity index is 1.39. The van der Waals surface area contributed by atoms with E-state index in [1.54, 1.807) is 13.0 Å². The first kappa shape index (κ1) is 40.4. The van der Waals surface area contributed by atoms with Crippen molar-refractivity contribution in [1.82, 2.24) is 14.8 Å². The Morgan fingerprint density at radius 1 is 1.08 bits per heavy atom. The Morgan fingerprint density at radius 3 is 2.55 bits per heavy atom. The van der Waals surface area contributed by atoms with Crippen LogP contribution >= 0.6 is 11.6 Å². The van der Waals surface area contributed by atoms with E-state index in [1.807, 2.05) is 42.1 Å². The highest BCUT2D eigenvalue weighted by Crippen LogP contribution is 2.41. The van der Waals surface area contributed by atoms with Gasteiger partial charge in [-0.25, -0.2) is 9.18 Å². The molecule has 5 aromatic rings. The van der Waals surface area contributed by atoms with Gasteiger partial charge in [0, 0.05) is 41.2 Å². The van der Waals surface area contributed by atoms with E-state index in [-0.39, 0.29) is 30.7 Å². The van der Waals surface area contributed by atoms with E-state index >= 15 is 0 Å². The molecule has 0 saturated carbocycles. The van der Waals surface area contributed by atoms with Crippen LogP contribution in [0.25, 0.3) is 32.8 Å². The van der Waals surface area contributed by atoms with Crippen LogP contribution < -0.4 is 4.74 Å². The van der Waals surface area contributed by atoms with Crippen molar-refractivity contribution in [2.45, 2.75) is 91.1 Å². The zero-order valence-corrected chi connectivity index (χ0v) is 34.0. The second kappa shape index (κ2) is 17.2. The van der Waals surface area contributed by atoms with Gasteiger partial charge in [0.15, 0.2) is 8.32 Å². The molecule has 0 aliphatic rings. The van der Waals surface area contributed by atoms with E-state index in [0.29, 0.717) is 66.6 Å². The number of rotatable bonds is 17. The standard InChI is InChI=1S/C41H53ClFN3O6Si/c1-9-34-37(33(45-46(34)6)25-49-24-28(47)20-22-52-53(7,8)41(3,4)5)36-32(42)19-18-31-30(39(44-38(31)36)40(48)50-10-2)14-12-21-51-35-15-11-13-26-23-27(43)16-17-29(26)35/h11,13,15-19,23,28,44,47H,9-10,12,14,20-22,24-25H2,1-8H3. The number of hydrogen-bond acceptors (Lipinski definition) is 7. The fraction of sp³-hybridized carbons (Fsp3) is 0.463. The van der Waals surface area contributed by atoms with Crippen molar-refractivity contribution >= 4 is 47.6 Å². The molecule has 12 heteroatoms. The van der Waals surface area contributed by atoms with E-state index in [4.69, 9.17) is 35.3 Å². The van der Waals surface area contributed by atoms with E-state index in [1.165, 1.54) is 12.1 Å². The van der Waals surface area contributed by atoms with Crippen molar-refractivity contribution in [3.8, 4) is 16.9 Å². The maximum absolute atomic E-state index is 13.8. The maximum Gasteiger partial charge on any atom is 0.355 e.